The van der Waals surface area contributed by atoms with Gasteiger partial charge in [-0.15, -0.1) is 0 Å². The fraction of sp³-hybridized carbons (Fsp3) is 0.176. The van der Waals surface area contributed by atoms with Crippen LogP contribution < -0.4 is 14.8 Å². The minimum absolute atomic E-state index is 0.392. The maximum Gasteiger partial charge on any atom is 0.149 e. The van der Waals surface area contributed by atoms with Crippen LogP contribution in [0.1, 0.15) is 11.1 Å². The minimum atomic E-state index is 0.392. The third-order valence-electron chi connectivity index (χ3n) is 3.54. The number of aromatic nitrogens is 2. The Morgan fingerprint density at radius 2 is 2.09 bits per heavy atom. The third-order valence-corrected chi connectivity index (χ3v) is 3.54. The van der Waals surface area contributed by atoms with E-state index < -0.39 is 0 Å². The van der Waals surface area contributed by atoms with Crippen molar-refractivity contribution in [1.82, 2.24) is 9.61 Å². The van der Waals surface area contributed by atoms with Gasteiger partial charge in [0.25, 0.3) is 0 Å². The highest BCUT2D eigenvalue weighted by Crippen LogP contribution is 2.27. The molecule has 0 aliphatic heterocycles. The molecule has 23 heavy (non-hydrogen) atoms. The van der Waals surface area contributed by atoms with Crippen LogP contribution in [-0.4, -0.2) is 23.8 Å². The molecular weight excluding hydrogens is 292 g/mol. The molecule has 0 saturated heterocycles. The van der Waals surface area contributed by atoms with Gasteiger partial charge in [-0.25, -0.2) is 4.52 Å². The summed E-state index contributed by atoms with van der Waals surface area (Å²) in [4.78, 5) is 0. The Kier molecular flexibility index (Phi) is 4.02. The van der Waals surface area contributed by atoms with Crippen molar-refractivity contribution in [1.29, 1.82) is 5.26 Å². The quantitative estimate of drug-likeness (QED) is 0.784. The average Bonchev–Trinajstić information content (AvgIpc) is 3.03. The number of pyridine rings is 1. The van der Waals surface area contributed by atoms with Crippen LogP contribution >= 0.6 is 0 Å². The number of anilines is 1. The molecule has 2 aromatic heterocycles. The van der Waals surface area contributed by atoms with Crippen molar-refractivity contribution >= 4 is 11.2 Å². The molecule has 0 amide bonds. The number of benzene rings is 1. The molecule has 0 aliphatic carbocycles. The van der Waals surface area contributed by atoms with E-state index >= 15 is 0 Å². The predicted octanol–water partition coefficient (Wildman–Crippen LogP) is 2.84. The van der Waals surface area contributed by atoms with Gasteiger partial charge in [-0.1, -0.05) is 12.1 Å². The zero-order valence-electron chi connectivity index (χ0n) is 12.9. The first-order valence-corrected chi connectivity index (χ1v) is 7.10. The molecule has 0 atom stereocenters. The Labute approximate surface area is 133 Å². The fourth-order valence-corrected chi connectivity index (χ4v) is 2.30. The zero-order valence-corrected chi connectivity index (χ0v) is 12.9. The molecule has 3 aromatic rings. The van der Waals surface area contributed by atoms with Crippen LogP contribution in [0.25, 0.3) is 5.52 Å². The Bertz CT molecular complexity index is 863. The summed E-state index contributed by atoms with van der Waals surface area (Å²) in [6.07, 6.45) is 3.35. The van der Waals surface area contributed by atoms with Crippen LogP contribution in [-0.2, 0) is 6.61 Å². The highest BCUT2D eigenvalue weighted by molar-refractivity contribution is 5.72. The predicted molar refractivity (Wildman–Crippen MR) is 86.8 cm³/mol. The number of methoxy groups -OCH3 is 1. The number of ether oxygens (including phenoxy) is 2. The molecule has 6 heteroatoms. The molecule has 0 aliphatic rings. The summed E-state index contributed by atoms with van der Waals surface area (Å²) in [5.74, 6) is 1.41. The van der Waals surface area contributed by atoms with Crippen molar-refractivity contribution in [2.75, 3.05) is 19.5 Å². The first kappa shape index (κ1) is 14.7. The number of hydrogen-bond donors (Lipinski definition) is 1. The van der Waals surface area contributed by atoms with Gasteiger partial charge in [0.15, 0.2) is 0 Å². The maximum atomic E-state index is 9.23. The number of rotatable bonds is 5. The van der Waals surface area contributed by atoms with E-state index in [2.05, 4.69) is 16.5 Å². The second kappa shape index (κ2) is 6.28. The average molecular weight is 308 g/mol. The topological polar surface area (TPSA) is 71.6 Å². The Morgan fingerprint density at radius 1 is 1.30 bits per heavy atom. The molecule has 0 bridgehead atoms. The normalized spacial score (nSPS) is 10.3. The van der Waals surface area contributed by atoms with Crippen molar-refractivity contribution < 1.29 is 9.47 Å². The molecule has 0 fully saturated rings. The Morgan fingerprint density at radius 3 is 2.74 bits per heavy atom. The van der Waals surface area contributed by atoms with E-state index in [1.54, 1.807) is 11.6 Å². The summed E-state index contributed by atoms with van der Waals surface area (Å²) < 4.78 is 12.7. The monoisotopic (exact) mass is 308 g/mol. The molecule has 0 unspecified atom stereocenters. The van der Waals surface area contributed by atoms with Crippen LogP contribution in [0.4, 0.5) is 5.69 Å². The number of nitriles is 1. The lowest BCUT2D eigenvalue weighted by atomic mass is 10.2. The molecule has 116 valence electrons. The van der Waals surface area contributed by atoms with E-state index in [-0.39, 0.29) is 0 Å². The standard InChI is InChI=1S/C17H16N4O2/c1-19-14-7-16(17-13(8-18)9-20-21(17)10-14)23-11-12-3-5-15(22-2)6-4-12/h3-7,9-10,19H,11H2,1-2H3. The van der Waals surface area contributed by atoms with Crippen LogP contribution in [0.5, 0.6) is 11.5 Å². The molecular formula is C17H16N4O2. The first-order chi connectivity index (χ1) is 11.2. The van der Waals surface area contributed by atoms with Crippen LogP contribution in [0.2, 0.25) is 0 Å². The maximum absolute atomic E-state index is 9.23. The Balaban J connectivity index is 1.91. The van der Waals surface area contributed by atoms with Crippen molar-refractivity contribution in [3.63, 3.8) is 0 Å². The van der Waals surface area contributed by atoms with Crippen LogP contribution in [0.15, 0.2) is 42.7 Å². The highest BCUT2D eigenvalue weighted by atomic mass is 16.5. The van der Waals surface area contributed by atoms with Gasteiger partial charge in [-0.05, 0) is 17.7 Å². The SMILES string of the molecule is CNc1cc(OCc2ccc(OC)cc2)c2c(C#N)cnn2c1. The summed E-state index contributed by atoms with van der Waals surface area (Å²) in [7, 11) is 3.46. The van der Waals surface area contributed by atoms with E-state index in [4.69, 9.17) is 9.47 Å². The van der Waals surface area contributed by atoms with E-state index in [1.165, 1.54) is 6.20 Å². The number of hydrogen-bond acceptors (Lipinski definition) is 5. The summed E-state index contributed by atoms with van der Waals surface area (Å²) in [5, 5.41) is 16.5. The van der Waals surface area contributed by atoms with Gasteiger partial charge in [0.1, 0.15) is 35.3 Å². The van der Waals surface area contributed by atoms with Crippen LogP contribution in [0.3, 0.4) is 0 Å². The van der Waals surface area contributed by atoms with Gasteiger partial charge in [-0.3, -0.25) is 0 Å². The van der Waals surface area contributed by atoms with E-state index in [0.717, 1.165) is 17.0 Å². The highest BCUT2D eigenvalue weighted by Gasteiger charge is 2.12. The van der Waals surface area contributed by atoms with Crippen LogP contribution in [0, 0.1) is 11.3 Å². The van der Waals surface area contributed by atoms with Crippen molar-refractivity contribution in [3.8, 4) is 17.6 Å². The lowest BCUT2D eigenvalue weighted by Gasteiger charge is -2.11. The van der Waals surface area contributed by atoms with Gasteiger partial charge < -0.3 is 14.8 Å². The van der Waals surface area contributed by atoms with Crippen molar-refractivity contribution in [2.45, 2.75) is 6.61 Å². The molecule has 0 spiro atoms. The van der Waals surface area contributed by atoms with E-state index in [9.17, 15) is 5.26 Å². The zero-order chi connectivity index (χ0) is 16.2. The lowest BCUT2D eigenvalue weighted by molar-refractivity contribution is 0.308. The van der Waals surface area contributed by atoms with E-state index in [0.29, 0.717) is 23.4 Å². The largest absolute Gasteiger partial charge is 0.497 e. The van der Waals surface area contributed by atoms with Gasteiger partial charge in [0.05, 0.1) is 25.2 Å². The molecule has 0 radical (unpaired) electrons. The molecule has 2 heterocycles. The summed E-state index contributed by atoms with van der Waals surface area (Å²) in [5.41, 5.74) is 3.02. The lowest BCUT2D eigenvalue weighted by Crippen LogP contribution is -2.01. The minimum Gasteiger partial charge on any atom is -0.497 e. The van der Waals surface area contributed by atoms with E-state index in [1.807, 2.05) is 43.6 Å². The van der Waals surface area contributed by atoms with Gasteiger partial charge >= 0.3 is 0 Å². The molecule has 6 nitrogen and oxygen atoms in total. The molecule has 3 rings (SSSR count). The first-order valence-electron chi connectivity index (χ1n) is 7.10. The second-order valence-corrected chi connectivity index (χ2v) is 4.94. The van der Waals surface area contributed by atoms with Gasteiger partial charge in [0, 0.05) is 13.1 Å². The second-order valence-electron chi connectivity index (χ2n) is 4.94. The molecule has 1 N–H and O–H groups in total. The van der Waals surface area contributed by atoms with Crippen molar-refractivity contribution in [3.05, 3.63) is 53.9 Å². The number of fused-ring (bicyclic) bond motifs is 1. The summed E-state index contributed by atoms with van der Waals surface area (Å²) in [6.45, 7) is 0.392. The fourth-order valence-electron chi connectivity index (χ4n) is 2.30. The number of nitrogens with one attached hydrogen (secondary N) is 1. The van der Waals surface area contributed by atoms with Gasteiger partial charge in [0.2, 0.25) is 0 Å². The molecule has 0 saturated carbocycles. The van der Waals surface area contributed by atoms with Crippen molar-refractivity contribution in [2.24, 2.45) is 0 Å². The third kappa shape index (κ3) is 2.90. The van der Waals surface area contributed by atoms with Gasteiger partial charge in [-0.2, -0.15) is 10.4 Å². The number of nitrogens with zero attached hydrogens (tertiary/aromatic N) is 3. The molecule has 1 aromatic carbocycles. The smallest absolute Gasteiger partial charge is 0.149 e. The summed E-state index contributed by atoms with van der Waals surface area (Å²) >= 11 is 0. The summed E-state index contributed by atoms with van der Waals surface area (Å²) in [6, 6.07) is 11.7. The Hall–Kier alpha value is -3.20.